The molecule has 0 bridgehead atoms. The number of carbonyl (C=O) groups is 1. The lowest BCUT2D eigenvalue weighted by Crippen LogP contribution is -2.41. The number of phenolic OH excluding ortho intramolecular Hbond substituents is 1. The Bertz CT molecular complexity index is 634. The van der Waals surface area contributed by atoms with Gasteiger partial charge < -0.3 is 10.4 Å². The Morgan fingerprint density at radius 2 is 2.17 bits per heavy atom. The second kappa shape index (κ2) is 6.54. The molecule has 124 valence electrons. The van der Waals surface area contributed by atoms with E-state index >= 15 is 0 Å². The van der Waals surface area contributed by atoms with Crippen molar-refractivity contribution in [2.24, 2.45) is 5.41 Å². The molecule has 2 saturated heterocycles. The summed E-state index contributed by atoms with van der Waals surface area (Å²) in [6.45, 7) is 5.82. The topological polar surface area (TPSA) is 52.6 Å². The van der Waals surface area contributed by atoms with Crippen molar-refractivity contribution in [3.05, 3.63) is 34.4 Å². The molecule has 2 aliphatic heterocycles. The number of nitrogens with one attached hydrogen (secondary N) is 1. The molecule has 0 saturated carbocycles. The van der Waals surface area contributed by atoms with E-state index in [9.17, 15) is 9.90 Å². The minimum atomic E-state index is 0.191. The van der Waals surface area contributed by atoms with Crippen LogP contribution in [-0.4, -0.2) is 42.1 Å². The molecule has 3 rings (SSSR count). The molecule has 0 radical (unpaired) electrons. The van der Waals surface area contributed by atoms with Crippen LogP contribution in [0, 0.1) is 5.41 Å². The molecule has 2 heterocycles. The van der Waals surface area contributed by atoms with Crippen molar-refractivity contribution < 1.29 is 9.90 Å². The first kappa shape index (κ1) is 16.3. The van der Waals surface area contributed by atoms with Crippen LogP contribution < -0.4 is 5.32 Å². The van der Waals surface area contributed by atoms with E-state index in [1.165, 1.54) is 5.57 Å². The van der Waals surface area contributed by atoms with Crippen molar-refractivity contribution >= 4 is 23.6 Å². The summed E-state index contributed by atoms with van der Waals surface area (Å²) >= 11 is 5.99. The number of piperidine rings is 1. The molecule has 1 aromatic carbocycles. The average molecular weight is 335 g/mol. The van der Waals surface area contributed by atoms with Gasteiger partial charge in [0.05, 0.1) is 0 Å². The fourth-order valence-electron chi connectivity index (χ4n) is 3.60. The SMILES string of the molecule is C/C(=C\c1cc(Cl)ccc1O)CN1CCC2(CC1)CNC(=O)C2. The maximum absolute atomic E-state index is 11.5. The predicted molar refractivity (Wildman–Crippen MR) is 92.5 cm³/mol. The highest BCUT2D eigenvalue weighted by Crippen LogP contribution is 2.37. The number of hydrogen-bond acceptors (Lipinski definition) is 3. The Balaban J connectivity index is 1.59. The molecule has 5 heteroatoms. The van der Waals surface area contributed by atoms with E-state index in [2.05, 4.69) is 17.1 Å². The summed E-state index contributed by atoms with van der Waals surface area (Å²) < 4.78 is 0. The van der Waals surface area contributed by atoms with Gasteiger partial charge in [0, 0.05) is 30.1 Å². The Hall–Kier alpha value is -1.52. The van der Waals surface area contributed by atoms with Gasteiger partial charge in [0.15, 0.2) is 0 Å². The highest BCUT2D eigenvalue weighted by Gasteiger charge is 2.40. The highest BCUT2D eigenvalue weighted by atomic mass is 35.5. The van der Waals surface area contributed by atoms with Crippen LogP contribution in [0.15, 0.2) is 23.8 Å². The predicted octanol–water partition coefficient (Wildman–Crippen LogP) is 3.05. The molecule has 2 fully saturated rings. The number of rotatable bonds is 3. The third kappa shape index (κ3) is 3.88. The Morgan fingerprint density at radius 3 is 2.83 bits per heavy atom. The van der Waals surface area contributed by atoms with E-state index in [0.717, 1.165) is 44.6 Å². The summed E-state index contributed by atoms with van der Waals surface area (Å²) in [5, 5.41) is 13.5. The number of aromatic hydroxyl groups is 1. The molecule has 23 heavy (non-hydrogen) atoms. The normalized spacial score (nSPS) is 21.7. The van der Waals surface area contributed by atoms with Gasteiger partial charge in [-0.3, -0.25) is 9.69 Å². The van der Waals surface area contributed by atoms with Crippen molar-refractivity contribution in [2.45, 2.75) is 26.2 Å². The Kier molecular flexibility index (Phi) is 4.64. The van der Waals surface area contributed by atoms with Gasteiger partial charge in [0.1, 0.15) is 5.75 Å². The number of likely N-dealkylation sites (tertiary alicyclic amines) is 1. The summed E-state index contributed by atoms with van der Waals surface area (Å²) in [5.74, 6) is 0.452. The van der Waals surface area contributed by atoms with Crippen LogP contribution in [0.25, 0.3) is 6.08 Å². The molecular weight excluding hydrogens is 312 g/mol. The van der Waals surface area contributed by atoms with Crippen LogP contribution in [0.4, 0.5) is 0 Å². The van der Waals surface area contributed by atoms with Crippen LogP contribution in [0.1, 0.15) is 31.7 Å². The standard InChI is InChI=1S/C18H23ClN2O2/c1-13(8-14-9-15(19)2-3-16(14)22)11-21-6-4-18(5-7-21)10-17(23)20-12-18/h2-3,8-9,22H,4-7,10-12H2,1H3,(H,20,23)/b13-8+. The molecule has 1 spiro atoms. The van der Waals surface area contributed by atoms with Crippen LogP contribution in [0.5, 0.6) is 5.75 Å². The Labute approximate surface area is 142 Å². The minimum Gasteiger partial charge on any atom is -0.507 e. The Morgan fingerprint density at radius 1 is 1.43 bits per heavy atom. The van der Waals surface area contributed by atoms with Crippen molar-refractivity contribution in [1.29, 1.82) is 0 Å². The zero-order valence-corrected chi connectivity index (χ0v) is 14.2. The maximum atomic E-state index is 11.5. The summed E-state index contributed by atoms with van der Waals surface area (Å²) in [5.41, 5.74) is 2.14. The molecule has 2 N–H and O–H groups in total. The largest absolute Gasteiger partial charge is 0.507 e. The molecule has 4 nitrogen and oxygen atoms in total. The highest BCUT2D eigenvalue weighted by molar-refractivity contribution is 6.30. The average Bonchev–Trinajstić information content (AvgIpc) is 2.87. The van der Waals surface area contributed by atoms with Crippen molar-refractivity contribution in [1.82, 2.24) is 10.2 Å². The number of hydrogen-bond donors (Lipinski definition) is 2. The summed E-state index contributed by atoms with van der Waals surface area (Å²) in [6.07, 6.45) is 4.82. The molecule has 1 amide bonds. The number of benzene rings is 1. The van der Waals surface area contributed by atoms with Gasteiger partial charge in [-0.05, 0) is 56.5 Å². The summed E-state index contributed by atoms with van der Waals surface area (Å²) in [7, 11) is 0. The summed E-state index contributed by atoms with van der Waals surface area (Å²) in [6, 6.07) is 5.09. The lowest BCUT2D eigenvalue weighted by molar-refractivity contribution is -0.119. The van der Waals surface area contributed by atoms with Gasteiger partial charge >= 0.3 is 0 Å². The van der Waals surface area contributed by atoms with Crippen LogP contribution in [0.3, 0.4) is 0 Å². The third-order valence-electron chi connectivity index (χ3n) is 4.98. The van der Waals surface area contributed by atoms with Gasteiger partial charge in [-0.25, -0.2) is 0 Å². The summed E-state index contributed by atoms with van der Waals surface area (Å²) in [4.78, 5) is 13.9. The number of halogens is 1. The fraction of sp³-hybridized carbons (Fsp3) is 0.500. The van der Waals surface area contributed by atoms with E-state index in [1.807, 2.05) is 6.08 Å². The molecule has 0 aliphatic carbocycles. The lowest BCUT2D eigenvalue weighted by Gasteiger charge is -2.38. The van der Waals surface area contributed by atoms with Gasteiger partial charge in [-0.15, -0.1) is 0 Å². The first-order chi connectivity index (χ1) is 11.0. The fourth-order valence-corrected chi connectivity index (χ4v) is 3.78. The lowest BCUT2D eigenvalue weighted by atomic mass is 9.77. The number of nitrogens with zero attached hydrogens (tertiary/aromatic N) is 1. The number of phenols is 1. The second-order valence-electron chi connectivity index (χ2n) is 6.92. The van der Waals surface area contributed by atoms with Crippen molar-refractivity contribution in [3.8, 4) is 5.75 Å². The van der Waals surface area contributed by atoms with E-state index in [0.29, 0.717) is 11.4 Å². The van der Waals surface area contributed by atoms with E-state index in [4.69, 9.17) is 11.6 Å². The van der Waals surface area contributed by atoms with Crippen LogP contribution in [0.2, 0.25) is 5.02 Å². The molecule has 2 aliphatic rings. The molecule has 0 aromatic heterocycles. The van der Waals surface area contributed by atoms with Gasteiger partial charge in [-0.2, -0.15) is 0 Å². The first-order valence-electron chi connectivity index (χ1n) is 8.11. The van der Waals surface area contributed by atoms with Gasteiger partial charge in [0.25, 0.3) is 0 Å². The monoisotopic (exact) mass is 334 g/mol. The smallest absolute Gasteiger partial charge is 0.220 e. The minimum absolute atomic E-state index is 0.191. The second-order valence-corrected chi connectivity index (χ2v) is 7.36. The number of carbonyl (C=O) groups excluding carboxylic acids is 1. The van der Waals surface area contributed by atoms with E-state index in [1.54, 1.807) is 18.2 Å². The zero-order chi connectivity index (χ0) is 16.4. The molecule has 1 aromatic rings. The van der Waals surface area contributed by atoms with E-state index in [-0.39, 0.29) is 17.1 Å². The number of amides is 1. The maximum Gasteiger partial charge on any atom is 0.220 e. The first-order valence-corrected chi connectivity index (χ1v) is 8.48. The van der Waals surface area contributed by atoms with Crippen LogP contribution >= 0.6 is 11.6 Å². The van der Waals surface area contributed by atoms with E-state index < -0.39 is 0 Å². The zero-order valence-electron chi connectivity index (χ0n) is 13.4. The third-order valence-corrected chi connectivity index (χ3v) is 5.21. The molecular formula is C18H23ClN2O2. The van der Waals surface area contributed by atoms with Crippen molar-refractivity contribution in [2.75, 3.05) is 26.2 Å². The molecule has 0 atom stereocenters. The van der Waals surface area contributed by atoms with Crippen LogP contribution in [-0.2, 0) is 4.79 Å². The van der Waals surface area contributed by atoms with Gasteiger partial charge in [0.2, 0.25) is 5.91 Å². The van der Waals surface area contributed by atoms with Crippen molar-refractivity contribution in [3.63, 3.8) is 0 Å². The van der Waals surface area contributed by atoms with Gasteiger partial charge in [-0.1, -0.05) is 23.3 Å². The molecule has 0 unspecified atom stereocenters. The quantitative estimate of drug-likeness (QED) is 0.893.